The molecule has 0 unspecified atom stereocenters. The molecule has 3 rings (SSSR count). The highest BCUT2D eigenvalue weighted by Crippen LogP contribution is 2.45. The van der Waals surface area contributed by atoms with Gasteiger partial charge < -0.3 is 9.05 Å². The van der Waals surface area contributed by atoms with Crippen LogP contribution < -0.4 is 13.7 Å². The van der Waals surface area contributed by atoms with E-state index in [9.17, 15) is 0 Å². The van der Waals surface area contributed by atoms with Crippen LogP contribution in [-0.2, 0) is 12.8 Å². The topological polar surface area (TPSA) is 18.5 Å². The Labute approximate surface area is 174 Å². The quantitative estimate of drug-likeness (QED) is 0.382. The van der Waals surface area contributed by atoms with Crippen LogP contribution in [-0.4, -0.2) is 0 Å². The van der Waals surface area contributed by atoms with E-state index in [2.05, 4.69) is 83.3 Å². The summed E-state index contributed by atoms with van der Waals surface area (Å²) in [6.45, 7) is 12.9. The Morgan fingerprint density at radius 2 is 1.29 bits per heavy atom. The molecule has 0 aliphatic carbocycles. The lowest BCUT2D eigenvalue weighted by molar-refractivity contribution is 0.491. The van der Waals surface area contributed by atoms with E-state index in [0.717, 1.165) is 29.0 Å². The highest BCUT2D eigenvalue weighted by molar-refractivity contribution is 7.64. The van der Waals surface area contributed by atoms with Gasteiger partial charge in [0.1, 0.15) is 16.1 Å². The van der Waals surface area contributed by atoms with Gasteiger partial charge in [-0.05, 0) is 74.2 Å². The van der Waals surface area contributed by atoms with Gasteiger partial charge >= 0.3 is 8.38 Å². The molecule has 2 nitrogen and oxygen atoms in total. The van der Waals surface area contributed by atoms with E-state index >= 15 is 0 Å². The molecule has 0 amide bonds. The lowest BCUT2D eigenvalue weighted by Crippen LogP contribution is -2.10. The molecule has 148 valence electrons. The zero-order valence-electron chi connectivity index (χ0n) is 17.6. The van der Waals surface area contributed by atoms with Gasteiger partial charge in [0.2, 0.25) is 0 Å². The van der Waals surface area contributed by atoms with Crippen molar-refractivity contribution in [2.45, 2.75) is 54.4 Å². The van der Waals surface area contributed by atoms with Gasteiger partial charge in [0, 0.05) is 0 Å². The summed E-state index contributed by atoms with van der Waals surface area (Å²) in [5.74, 6) is 1.94. The molecule has 0 aliphatic rings. The van der Waals surface area contributed by atoms with Gasteiger partial charge in [0.05, 0.1) is 0 Å². The zero-order chi connectivity index (χ0) is 20.3. The lowest BCUT2D eigenvalue weighted by Gasteiger charge is -2.23. The summed E-state index contributed by atoms with van der Waals surface area (Å²) in [6.07, 6.45) is 1.88. The molecule has 0 atom stereocenters. The molecule has 0 saturated heterocycles. The molecular formula is C24H29O2PS. The summed E-state index contributed by atoms with van der Waals surface area (Å²) in [6, 6.07) is 13.0. The van der Waals surface area contributed by atoms with E-state index in [-0.39, 0.29) is 0 Å². The van der Waals surface area contributed by atoms with Crippen LogP contribution in [0.25, 0.3) is 0 Å². The van der Waals surface area contributed by atoms with Crippen LogP contribution in [0.5, 0.6) is 11.5 Å². The minimum absolute atomic E-state index is 0.940. The number of rotatable bonds is 7. The minimum atomic E-state index is -1.25. The number of thiophene rings is 1. The van der Waals surface area contributed by atoms with Crippen molar-refractivity contribution in [2.24, 2.45) is 0 Å². The Bertz CT molecular complexity index is 886. The van der Waals surface area contributed by atoms with Crippen LogP contribution in [0.3, 0.4) is 0 Å². The van der Waals surface area contributed by atoms with Crippen molar-refractivity contribution in [2.75, 3.05) is 0 Å². The van der Waals surface area contributed by atoms with Crippen molar-refractivity contribution in [3.8, 4) is 11.5 Å². The van der Waals surface area contributed by atoms with Crippen LogP contribution in [0, 0.1) is 27.7 Å². The predicted molar refractivity (Wildman–Crippen MR) is 123 cm³/mol. The molecule has 2 aromatic carbocycles. The van der Waals surface area contributed by atoms with Gasteiger partial charge in [-0.25, -0.2) is 0 Å². The fourth-order valence-corrected chi connectivity index (χ4v) is 6.00. The van der Waals surface area contributed by atoms with Crippen LogP contribution in [0.2, 0.25) is 0 Å². The molecule has 4 heteroatoms. The van der Waals surface area contributed by atoms with Crippen molar-refractivity contribution < 1.29 is 9.05 Å². The largest absolute Gasteiger partial charge is 0.434 e. The molecule has 1 aromatic heterocycles. The summed E-state index contributed by atoms with van der Waals surface area (Å²) < 4.78 is 14.4. The first-order valence-electron chi connectivity index (χ1n) is 9.82. The molecule has 0 fully saturated rings. The summed E-state index contributed by atoms with van der Waals surface area (Å²) in [7, 11) is -1.25. The maximum atomic E-state index is 6.61. The van der Waals surface area contributed by atoms with Crippen molar-refractivity contribution in [1.82, 2.24) is 0 Å². The fraction of sp³-hybridized carbons (Fsp3) is 0.333. The maximum Gasteiger partial charge on any atom is 0.336 e. The molecule has 0 N–H and O–H groups in total. The first-order valence-corrected chi connectivity index (χ1v) is 11.9. The number of aryl methyl sites for hydroxylation is 6. The number of hydrogen-bond donors (Lipinski definition) is 0. The van der Waals surface area contributed by atoms with Crippen molar-refractivity contribution in [3.05, 3.63) is 75.2 Å². The maximum absolute atomic E-state index is 6.61. The second-order valence-electron chi connectivity index (χ2n) is 7.24. The van der Waals surface area contributed by atoms with Gasteiger partial charge in [-0.1, -0.05) is 55.3 Å². The lowest BCUT2D eigenvalue weighted by atomic mass is 10.0. The predicted octanol–water partition coefficient (Wildman–Crippen LogP) is 7.20. The SMILES string of the molecule is CCc1cc(C)cc(C)c1OP(Oc1c(C)cc(C)cc1CC)c1cccs1. The number of hydrogen-bond acceptors (Lipinski definition) is 3. The fourth-order valence-electron chi connectivity index (χ4n) is 3.52. The Balaban J connectivity index is 2.02. The van der Waals surface area contributed by atoms with Crippen LogP contribution in [0.1, 0.15) is 47.2 Å². The molecule has 0 aliphatic heterocycles. The monoisotopic (exact) mass is 412 g/mol. The Kier molecular flexibility index (Phi) is 6.80. The highest BCUT2D eigenvalue weighted by atomic mass is 32.1. The third-order valence-electron chi connectivity index (χ3n) is 4.79. The van der Waals surface area contributed by atoms with Crippen LogP contribution >= 0.6 is 19.7 Å². The summed E-state index contributed by atoms with van der Waals surface area (Å²) in [4.78, 5) is 0. The highest BCUT2D eigenvalue weighted by Gasteiger charge is 2.24. The first kappa shape index (κ1) is 20.9. The molecule has 0 bridgehead atoms. The van der Waals surface area contributed by atoms with Gasteiger partial charge in [0.25, 0.3) is 0 Å². The van der Waals surface area contributed by atoms with E-state index in [1.54, 1.807) is 11.3 Å². The standard InChI is InChI=1S/C24H29O2PS/c1-7-20-14-16(3)12-18(5)23(20)25-27(22-10-9-11-28-22)26-24-19(6)13-17(4)15-21(24)8-2/h9-15H,7-8H2,1-6H3. The number of benzene rings is 2. The molecule has 3 aromatic rings. The Morgan fingerprint density at radius 1 is 0.786 bits per heavy atom. The molecular weight excluding hydrogens is 383 g/mol. The van der Waals surface area contributed by atoms with Crippen molar-refractivity contribution in [1.29, 1.82) is 0 Å². The minimum Gasteiger partial charge on any atom is -0.434 e. The third-order valence-corrected chi connectivity index (χ3v) is 7.43. The van der Waals surface area contributed by atoms with Crippen LogP contribution in [0.15, 0.2) is 41.8 Å². The van der Waals surface area contributed by atoms with Gasteiger partial charge in [-0.2, -0.15) is 0 Å². The molecule has 1 heterocycles. The average Bonchev–Trinajstić information content (AvgIpc) is 3.18. The van der Waals surface area contributed by atoms with E-state index in [4.69, 9.17) is 9.05 Å². The first-order chi connectivity index (χ1) is 13.4. The van der Waals surface area contributed by atoms with Gasteiger partial charge in [0.15, 0.2) is 0 Å². The van der Waals surface area contributed by atoms with Gasteiger partial charge in [-0.3, -0.25) is 0 Å². The Morgan fingerprint density at radius 3 is 1.68 bits per heavy atom. The molecule has 28 heavy (non-hydrogen) atoms. The van der Waals surface area contributed by atoms with E-state index in [0.29, 0.717) is 0 Å². The second kappa shape index (κ2) is 9.11. The molecule has 0 saturated carbocycles. The van der Waals surface area contributed by atoms with Crippen molar-refractivity contribution in [3.63, 3.8) is 0 Å². The van der Waals surface area contributed by atoms with E-state index in [1.165, 1.54) is 33.4 Å². The molecule has 0 spiro atoms. The van der Waals surface area contributed by atoms with E-state index in [1.807, 2.05) is 0 Å². The van der Waals surface area contributed by atoms with Gasteiger partial charge in [-0.15, -0.1) is 11.3 Å². The van der Waals surface area contributed by atoms with E-state index < -0.39 is 8.38 Å². The summed E-state index contributed by atoms with van der Waals surface area (Å²) in [5, 5.41) is 2.09. The average molecular weight is 413 g/mol. The zero-order valence-corrected chi connectivity index (χ0v) is 19.3. The Hall–Kier alpha value is -1.83. The molecule has 0 radical (unpaired) electrons. The normalized spacial score (nSPS) is 11.1. The summed E-state index contributed by atoms with van der Waals surface area (Å²) in [5.41, 5.74) is 7.35. The smallest absolute Gasteiger partial charge is 0.336 e. The van der Waals surface area contributed by atoms with Crippen LogP contribution in [0.4, 0.5) is 0 Å². The van der Waals surface area contributed by atoms with Crippen molar-refractivity contribution >= 4 is 24.3 Å². The third kappa shape index (κ3) is 4.59. The summed E-state index contributed by atoms with van der Waals surface area (Å²) >= 11 is 1.69. The second-order valence-corrected chi connectivity index (χ2v) is 9.85.